The van der Waals surface area contributed by atoms with Crippen LogP contribution >= 0.6 is 11.8 Å². The lowest BCUT2D eigenvalue weighted by molar-refractivity contribution is -0.133. The van der Waals surface area contributed by atoms with Gasteiger partial charge in [0.2, 0.25) is 0 Å². The zero-order chi connectivity index (χ0) is 14.8. The molecule has 2 heterocycles. The molecule has 6 heteroatoms. The molecule has 5 nitrogen and oxygen atoms in total. The summed E-state index contributed by atoms with van der Waals surface area (Å²) in [4.78, 5) is 19.4. The van der Waals surface area contributed by atoms with Gasteiger partial charge in [-0.3, -0.25) is 9.78 Å². The summed E-state index contributed by atoms with van der Waals surface area (Å²) in [6, 6.07) is 1.94. The maximum atomic E-state index is 10.8. The summed E-state index contributed by atoms with van der Waals surface area (Å²) in [7, 11) is 0. The predicted octanol–water partition coefficient (Wildman–Crippen LogP) is 3.14. The van der Waals surface area contributed by atoms with Crippen molar-refractivity contribution >= 4 is 28.8 Å². The molecule has 0 spiro atoms. The SMILES string of the molecule is CCCC(C)(C)n1c(SCC(=O)O)nc2cnccc21. The molecule has 0 aromatic carbocycles. The highest BCUT2D eigenvalue weighted by Gasteiger charge is 2.25. The molecule has 0 radical (unpaired) electrons. The van der Waals surface area contributed by atoms with Gasteiger partial charge in [0.1, 0.15) is 5.52 Å². The van der Waals surface area contributed by atoms with Gasteiger partial charge in [0.05, 0.1) is 17.5 Å². The molecule has 108 valence electrons. The average molecular weight is 293 g/mol. The van der Waals surface area contributed by atoms with Gasteiger partial charge in [0, 0.05) is 11.7 Å². The van der Waals surface area contributed by atoms with Gasteiger partial charge in [-0.2, -0.15) is 0 Å². The molecule has 0 aliphatic heterocycles. The van der Waals surface area contributed by atoms with Gasteiger partial charge in [-0.1, -0.05) is 25.1 Å². The zero-order valence-electron chi connectivity index (χ0n) is 12.0. The predicted molar refractivity (Wildman–Crippen MR) is 80.1 cm³/mol. The Kier molecular flexibility index (Phi) is 4.32. The molecule has 0 amide bonds. The highest BCUT2D eigenvalue weighted by molar-refractivity contribution is 7.99. The second-order valence-electron chi connectivity index (χ2n) is 5.34. The van der Waals surface area contributed by atoms with Crippen molar-refractivity contribution < 1.29 is 9.90 Å². The Labute approximate surface area is 122 Å². The molecule has 1 N–H and O–H groups in total. The van der Waals surface area contributed by atoms with E-state index in [1.807, 2.05) is 6.07 Å². The summed E-state index contributed by atoms with van der Waals surface area (Å²) < 4.78 is 2.14. The molecule has 0 bridgehead atoms. The van der Waals surface area contributed by atoms with Gasteiger partial charge in [0.25, 0.3) is 0 Å². The first-order valence-electron chi connectivity index (χ1n) is 6.63. The van der Waals surface area contributed by atoms with E-state index >= 15 is 0 Å². The van der Waals surface area contributed by atoms with Gasteiger partial charge < -0.3 is 9.67 Å². The van der Waals surface area contributed by atoms with Crippen molar-refractivity contribution in [2.24, 2.45) is 0 Å². The van der Waals surface area contributed by atoms with E-state index in [0.717, 1.165) is 29.0 Å². The number of carboxylic acids is 1. The molecule has 2 aromatic rings. The number of carbonyl (C=O) groups is 1. The first-order valence-corrected chi connectivity index (χ1v) is 7.62. The van der Waals surface area contributed by atoms with Crippen LogP contribution in [0.1, 0.15) is 33.6 Å². The number of carboxylic acid groups (broad SMARTS) is 1. The third-order valence-electron chi connectivity index (χ3n) is 3.22. The molecular formula is C14H19N3O2S. The molecule has 0 saturated heterocycles. The summed E-state index contributed by atoms with van der Waals surface area (Å²) in [5, 5.41) is 9.62. The Morgan fingerprint density at radius 2 is 2.25 bits per heavy atom. The lowest BCUT2D eigenvalue weighted by Crippen LogP contribution is -2.26. The van der Waals surface area contributed by atoms with Crippen molar-refractivity contribution in [3.8, 4) is 0 Å². The maximum absolute atomic E-state index is 10.8. The Morgan fingerprint density at radius 3 is 2.90 bits per heavy atom. The van der Waals surface area contributed by atoms with E-state index in [0.29, 0.717) is 0 Å². The molecule has 0 atom stereocenters. The molecule has 0 unspecified atom stereocenters. The van der Waals surface area contributed by atoms with Gasteiger partial charge in [-0.05, 0) is 26.3 Å². The van der Waals surface area contributed by atoms with Gasteiger partial charge in [-0.15, -0.1) is 0 Å². The topological polar surface area (TPSA) is 68.0 Å². The molecule has 20 heavy (non-hydrogen) atoms. The fourth-order valence-corrected chi connectivity index (χ4v) is 3.33. The normalized spacial score (nSPS) is 11.9. The minimum absolute atomic E-state index is 0.0129. The monoisotopic (exact) mass is 293 g/mol. The highest BCUT2D eigenvalue weighted by Crippen LogP contribution is 2.33. The Hall–Kier alpha value is -1.56. The van der Waals surface area contributed by atoms with Crippen molar-refractivity contribution in [3.63, 3.8) is 0 Å². The number of hydrogen-bond donors (Lipinski definition) is 1. The average Bonchev–Trinajstić information content (AvgIpc) is 2.75. The number of hydrogen-bond acceptors (Lipinski definition) is 4. The van der Waals surface area contributed by atoms with Crippen LogP contribution in [0.15, 0.2) is 23.6 Å². The fourth-order valence-electron chi connectivity index (χ4n) is 2.44. The maximum Gasteiger partial charge on any atom is 0.313 e. The number of fused-ring (bicyclic) bond motifs is 1. The number of imidazole rings is 1. The minimum atomic E-state index is -0.833. The van der Waals surface area contributed by atoms with Crippen LogP contribution in [0, 0.1) is 0 Å². The van der Waals surface area contributed by atoms with Crippen LogP contribution in [0.2, 0.25) is 0 Å². The number of aromatic nitrogens is 3. The second-order valence-corrected chi connectivity index (χ2v) is 6.28. The van der Waals surface area contributed by atoms with Crippen LogP contribution in [0.5, 0.6) is 0 Å². The number of thioether (sulfide) groups is 1. The fraction of sp³-hybridized carbons (Fsp3) is 0.500. The third-order valence-corrected chi connectivity index (χ3v) is 4.14. The van der Waals surface area contributed by atoms with Crippen molar-refractivity contribution in [2.75, 3.05) is 5.75 Å². The smallest absolute Gasteiger partial charge is 0.313 e. The Balaban J connectivity index is 2.52. The number of pyridine rings is 1. The van der Waals surface area contributed by atoms with Crippen LogP contribution in [0.25, 0.3) is 11.0 Å². The largest absolute Gasteiger partial charge is 0.481 e. The molecule has 0 saturated carbocycles. The first kappa shape index (κ1) is 14.8. The molecule has 0 aliphatic carbocycles. The molecule has 0 aliphatic rings. The lowest BCUT2D eigenvalue weighted by atomic mass is 9.98. The number of nitrogens with zero attached hydrogens (tertiary/aromatic N) is 3. The van der Waals surface area contributed by atoms with E-state index in [9.17, 15) is 4.79 Å². The van der Waals surface area contributed by atoms with E-state index in [1.54, 1.807) is 12.4 Å². The molecule has 2 rings (SSSR count). The van der Waals surface area contributed by atoms with Crippen molar-refractivity contribution in [1.82, 2.24) is 14.5 Å². The zero-order valence-corrected chi connectivity index (χ0v) is 12.8. The van der Waals surface area contributed by atoms with Gasteiger partial charge >= 0.3 is 5.97 Å². The van der Waals surface area contributed by atoms with E-state index in [-0.39, 0.29) is 11.3 Å². The second kappa shape index (κ2) is 5.83. The molecule has 0 fully saturated rings. The standard InChI is InChI=1S/C14H19N3O2S/c1-4-6-14(2,3)17-11-5-7-15-8-10(11)16-13(17)20-9-12(18)19/h5,7-8H,4,6,9H2,1-3H3,(H,18,19). The van der Waals surface area contributed by atoms with Crippen molar-refractivity contribution in [1.29, 1.82) is 0 Å². The summed E-state index contributed by atoms with van der Waals surface area (Å²) in [5.41, 5.74) is 1.71. The minimum Gasteiger partial charge on any atom is -0.481 e. The summed E-state index contributed by atoms with van der Waals surface area (Å²) in [6.07, 6.45) is 5.52. The Bertz CT molecular complexity index is 622. The quantitative estimate of drug-likeness (QED) is 0.829. The summed E-state index contributed by atoms with van der Waals surface area (Å²) in [5.74, 6) is -0.820. The summed E-state index contributed by atoms with van der Waals surface area (Å²) >= 11 is 1.26. The van der Waals surface area contributed by atoms with Crippen LogP contribution < -0.4 is 0 Å². The third kappa shape index (κ3) is 2.95. The van der Waals surface area contributed by atoms with E-state index < -0.39 is 5.97 Å². The number of rotatable bonds is 6. The van der Waals surface area contributed by atoms with Gasteiger partial charge in [0.15, 0.2) is 5.16 Å². The summed E-state index contributed by atoms with van der Waals surface area (Å²) in [6.45, 7) is 6.46. The highest BCUT2D eigenvalue weighted by atomic mass is 32.2. The molecule has 2 aromatic heterocycles. The lowest BCUT2D eigenvalue weighted by Gasteiger charge is -2.28. The van der Waals surface area contributed by atoms with Gasteiger partial charge in [-0.25, -0.2) is 4.98 Å². The van der Waals surface area contributed by atoms with Crippen LogP contribution in [0.3, 0.4) is 0 Å². The van der Waals surface area contributed by atoms with Crippen LogP contribution in [0.4, 0.5) is 0 Å². The van der Waals surface area contributed by atoms with Crippen molar-refractivity contribution in [2.45, 2.75) is 44.3 Å². The van der Waals surface area contributed by atoms with E-state index in [4.69, 9.17) is 5.11 Å². The van der Waals surface area contributed by atoms with Crippen molar-refractivity contribution in [3.05, 3.63) is 18.5 Å². The van der Waals surface area contributed by atoms with Crippen LogP contribution in [-0.4, -0.2) is 31.4 Å². The van der Waals surface area contributed by atoms with E-state index in [1.165, 1.54) is 11.8 Å². The first-order chi connectivity index (χ1) is 9.45. The van der Waals surface area contributed by atoms with E-state index in [2.05, 4.69) is 35.3 Å². The molecular weight excluding hydrogens is 274 g/mol. The number of aliphatic carboxylic acids is 1. The Morgan fingerprint density at radius 1 is 1.50 bits per heavy atom. The van der Waals surface area contributed by atoms with Crippen LogP contribution in [-0.2, 0) is 10.3 Å².